The lowest BCUT2D eigenvalue weighted by molar-refractivity contribution is 0.229. The molecule has 0 saturated carbocycles. The summed E-state index contributed by atoms with van der Waals surface area (Å²) in [6, 6.07) is 6.72. The fourth-order valence-electron chi connectivity index (χ4n) is 3.72. The van der Waals surface area contributed by atoms with Crippen LogP contribution in [0, 0.1) is 12.8 Å². The highest BCUT2D eigenvalue weighted by molar-refractivity contribution is 5.75. The predicted octanol–water partition coefficient (Wildman–Crippen LogP) is 3.46. The second-order valence-electron chi connectivity index (χ2n) is 7.52. The number of hydrogen-bond donors (Lipinski definition) is 1. The maximum atomic E-state index is 4.85. The highest BCUT2D eigenvalue weighted by Crippen LogP contribution is 2.32. The molecule has 1 saturated heterocycles. The number of aromatic nitrogens is 5. The Labute approximate surface area is 148 Å². The van der Waals surface area contributed by atoms with Crippen molar-refractivity contribution < 1.29 is 0 Å². The van der Waals surface area contributed by atoms with E-state index < -0.39 is 0 Å². The van der Waals surface area contributed by atoms with E-state index in [0.717, 1.165) is 48.7 Å². The molecule has 1 aliphatic heterocycles. The predicted molar refractivity (Wildman–Crippen MR) is 98.1 cm³/mol. The number of fused-ring (bicyclic) bond motifs is 1. The van der Waals surface area contributed by atoms with Crippen LogP contribution in [0.4, 0.5) is 0 Å². The van der Waals surface area contributed by atoms with E-state index in [-0.39, 0.29) is 0 Å². The lowest BCUT2D eigenvalue weighted by Crippen LogP contribution is -2.26. The first-order valence-electron chi connectivity index (χ1n) is 9.17. The van der Waals surface area contributed by atoms with E-state index in [4.69, 9.17) is 4.98 Å². The zero-order valence-electron chi connectivity index (χ0n) is 15.2. The van der Waals surface area contributed by atoms with E-state index in [1.807, 2.05) is 4.68 Å². The average Bonchev–Trinajstić information content (AvgIpc) is 3.26. The third kappa shape index (κ3) is 3.31. The van der Waals surface area contributed by atoms with Gasteiger partial charge in [-0.2, -0.15) is 5.10 Å². The van der Waals surface area contributed by atoms with Crippen molar-refractivity contribution in [3.05, 3.63) is 41.7 Å². The summed E-state index contributed by atoms with van der Waals surface area (Å²) in [5.41, 5.74) is 3.44. The Morgan fingerprint density at radius 2 is 2.20 bits per heavy atom. The summed E-state index contributed by atoms with van der Waals surface area (Å²) >= 11 is 0. The number of nitrogens with zero attached hydrogens (tertiary/aromatic N) is 5. The minimum Gasteiger partial charge on any atom is -0.341 e. The van der Waals surface area contributed by atoms with Crippen molar-refractivity contribution >= 4 is 11.0 Å². The van der Waals surface area contributed by atoms with Crippen LogP contribution >= 0.6 is 0 Å². The van der Waals surface area contributed by atoms with Crippen LogP contribution in [0.25, 0.3) is 11.0 Å². The van der Waals surface area contributed by atoms with Gasteiger partial charge in [-0.3, -0.25) is 4.90 Å². The number of aromatic amines is 1. The number of imidazole rings is 1. The van der Waals surface area contributed by atoms with Crippen LogP contribution in [0.15, 0.2) is 24.5 Å². The minimum atomic E-state index is 0.330. The first kappa shape index (κ1) is 16.3. The Balaban J connectivity index is 1.56. The normalized spacial score (nSPS) is 18.6. The van der Waals surface area contributed by atoms with E-state index >= 15 is 0 Å². The summed E-state index contributed by atoms with van der Waals surface area (Å²) in [4.78, 5) is 15.4. The SMILES string of the molecule is Cc1ccc2nc([C@H]3CCCN3Cc3ncnn3CC(C)C)[nH]c2c1. The number of likely N-dealkylation sites (tertiary alicyclic amines) is 1. The maximum absolute atomic E-state index is 4.85. The maximum Gasteiger partial charge on any atom is 0.141 e. The summed E-state index contributed by atoms with van der Waals surface area (Å²) in [5.74, 6) is 2.69. The van der Waals surface area contributed by atoms with Crippen molar-refractivity contribution in [2.45, 2.75) is 52.7 Å². The largest absolute Gasteiger partial charge is 0.341 e. The standard InChI is InChI=1S/C19H26N6/c1-13(2)10-25-18(20-12-21-25)11-24-8-4-5-17(24)19-22-15-7-6-14(3)9-16(15)23-19/h6-7,9,12-13,17H,4-5,8,10-11H2,1-3H3,(H,22,23)/t17-/m1/s1. The molecule has 132 valence electrons. The van der Waals surface area contributed by atoms with Gasteiger partial charge in [0.2, 0.25) is 0 Å². The van der Waals surface area contributed by atoms with Crippen molar-refractivity contribution in [2.24, 2.45) is 5.92 Å². The molecule has 0 bridgehead atoms. The molecule has 1 N–H and O–H groups in total. The molecular weight excluding hydrogens is 312 g/mol. The fourth-order valence-corrected chi connectivity index (χ4v) is 3.72. The van der Waals surface area contributed by atoms with Gasteiger partial charge < -0.3 is 4.98 Å². The molecule has 25 heavy (non-hydrogen) atoms. The molecule has 3 heterocycles. The number of aryl methyl sites for hydroxylation is 1. The quantitative estimate of drug-likeness (QED) is 0.774. The molecule has 0 radical (unpaired) electrons. The molecule has 0 amide bonds. The molecule has 6 heteroatoms. The molecule has 4 rings (SSSR count). The Morgan fingerprint density at radius 1 is 1.32 bits per heavy atom. The van der Waals surface area contributed by atoms with Gasteiger partial charge in [0.05, 0.1) is 23.6 Å². The lowest BCUT2D eigenvalue weighted by Gasteiger charge is -2.22. The molecule has 6 nitrogen and oxygen atoms in total. The number of benzene rings is 1. The van der Waals surface area contributed by atoms with Gasteiger partial charge in [-0.05, 0) is 49.9 Å². The summed E-state index contributed by atoms with van der Waals surface area (Å²) in [5, 5.41) is 4.40. The van der Waals surface area contributed by atoms with Gasteiger partial charge in [-0.15, -0.1) is 0 Å². The van der Waals surface area contributed by atoms with Crippen molar-refractivity contribution in [2.75, 3.05) is 6.54 Å². The summed E-state index contributed by atoms with van der Waals surface area (Å²) in [7, 11) is 0. The van der Waals surface area contributed by atoms with Gasteiger partial charge in [0.15, 0.2) is 0 Å². The van der Waals surface area contributed by atoms with Crippen LogP contribution in [0.3, 0.4) is 0 Å². The van der Waals surface area contributed by atoms with E-state index in [1.54, 1.807) is 6.33 Å². The van der Waals surface area contributed by atoms with Crippen molar-refractivity contribution in [1.29, 1.82) is 0 Å². The van der Waals surface area contributed by atoms with Crippen LogP contribution in [0.1, 0.15) is 49.9 Å². The number of rotatable bonds is 5. The summed E-state index contributed by atoms with van der Waals surface area (Å²) in [6.07, 6.45) is 4.00. The van der Waals surface area contributed by atoms with Gasteiger partial charge in [-0.1, -0.05) is 19.9 Å². The Morgan fingerprint density at radius 3 is 3.04 bits per heavy atom. The van der Waals surface area contributed by atoms with Gasteiger partial charge in [-0.25, -0.2) is 14.6 Å². The summed E-state index contributed by atoms with van der Waals surface area (Å²) < 4.78 is 2.04. The van der Waals surface area contributed by atoms with E-state index in [2.05, 4.69) is 58.9 Å². The second kappa shape index (κ2) is 6.59. The topological polar surface area (TPSA) is 62.6 Å². The molecule has 0 unspecified atom stereocenters. The first-order valence-corrected chi connectivity index (χ1v) is 9.17. The monoisotopic (exact) mass is 338 g/mol. The molecule has 1 fully saturated rings. The Bertz CT molecular complexity index is 862. The zero-order chi connectivity index (χ0) is 17.4. The van der Waals surface area contributed by atoms with Gasteiger partial charge in [0.25, 0.3) is 0 Å². The molecule has 1 aromatic carbocycles. The molecule has 0 aliphatic carbocycles. The summed E-state index contributed by atoms with van der Waals surface area (Å²) in [6.45, 7) is 9.35. The first-order chi connectivity index (χ1) is 12.1. The third-order valence-corrected chi connectivity index (χ3v) is 4.91. The molecule has 0 spiro atoms. The van der Waals surface area contributed by atoms with Crippen molar-refractivity contribution in [1.82, 2.24) is 29.6 Å². The third-order valence-electron chi connectivity index (χ3n) is 4.91. The Kier molecular flexibility index (Phi) is 4.29. The van der Waals surface area contributed by atoms with E-state index in [1.165, 1.54) is 12.0 Å². The van der Waals surface area contributed by atoms with Crippen LogP contribution in [0.2, 0.25) is 0 Å². The minimum absolute atomic E-state index is 0.330. The molecule has 1 atom stereocenters. The van der Waals surface area contributed by atoms with E-state index in [9.17, 15) is 0 Å². The fraction of sp³-hybridized carbons (Fsp3) is 0.526. The van der Waals surface area contributed by atoms with Crippen LogP contribution < -0.4 is 0 Å². The highest BCUT2D eigenvalue weighted by Gasteiger charge is 2.29. The van der Waals surface area contributed by atoms with Gasteiger partial charge in [0, 0.05) is 6.54 Å². The molecular formula is C19H26N6. The van der Waals surface area contributed by atoms with E-state index in [0.29, 0.717) is 12.0 Å². The average molecular weight is 338 g/mol. The number of nitrogens with one attached hydrogen (secondary N) is 1. The van der Waals surface area contributed by atoms with Crippen LogP contribution in [0.5, 0.6) is 0 Å². The van der Waals surface area contributed by atoms with Crippen molar-refractivity contribution in [3.8, 4) is 0 Å². The zero-order valence-corrected chi connectivity index (χ0v) is 15.2. The van der Waals surface area contributed by atoms with Crippen LogP contribution in [-0.2, 0) is 13.1 Å². The van der Waals surface area contributed by atoms with Crippen LogP contribution in [-0.4, -0.2) is 36.2 Å². The highest BCUT2D eigenvalue weighted by atomic mass is 15.4. The molecule has 3 aromatic rings. The Hall–Kier alpha value is -2.21. The molecule has 2 aromatic heterocycles. The van der Waals surface area contributed by atoms with Crippen molar-refractivity contribution in [3.63, 3.8) is 0 Å². The second-order valence-corrected chi connectivity index (χ2v) is 7.52. The van der Waals surface area contributed by atoms with Gasteiger partial charge >= 0.3 is 0 Å². The lowest BCUT2D eigenvalue weighted by atomic mass is 10.2. The molecule has 1 aliphatic rings. The number of hydrogen-bond acceptors (Lipinski definition) is 4. The number of H-pyrrole nitrogens is 1. The smallest absolute Gasteiger partial charge is 0.141 e. The van der Waals surface area contributed by atoms with Gasteiger partial charge in [0.1, 0.15) is 18.0 Å².